The Morgan fingerprint density at radius 3 is 2.90 bits per heavy atom. The van der Waals surface area contributed by atoms with Gasteiger partial charge in [0.05, 0.1) is 18.2 Å². The summed E-state index contributed by atoms with van der Waals surface area (Å²) in [4.78, 5) is 0. The van der Waals surface area contributed by atoms with Gasteiger partial charge in [-0.25, -0.2) is 5.43 Å². The van der Waals surface area contributed by atoms with Gasteiger partial charge in [-0.15, -0.1) is 0 Å². The van der Waals surface area contributed by atoms with Crippen molar-refractivity contribution in [3.8, 4) is 0 Å². The van der Waals surface area contributed by atoms with Crippen molar-refractivity contribution in [3.05, 3.63) is 59.4 Å². The Labute approximate surface area is 114 Å². The Morgan fingerprint density at radius 1 is 1.40 bits per heavy atom. The third kappa shape index (κ3) is 2.65. The molecule has 1 saturated heterocycles. The van der Waals surface area contributed by atoms with Crippen molar-refractivity contribution in [3.63, 3.8) is 0 Å². The summed E-state index contributed by atoms with van der Waals surface area (Å²) >= 11 is 0. The largest absolute Gasteiger partial charge is 0.416 e. The van der Waals surface area contributed by atoms with E-state index in [1.807, 2.05) is 23.5 Å². The molecule has 0 radical (unpaired) electrons. The lowest BCUT2D eigenvalue weighted by Gasteiger charge is -2.10. The molecular formula is C14H14F3N3. The highest BCUT2D eigenvalue weighted by Crippen LogP contribution is 2.29. The summed E-state index contributed by atoms with van der Waals surface area (Å²) in [6.45, 7) is 1.18. The Balaban J connectivity index is 1.62. The molecule has 0 aromatic heterocycles. The summed E-state index contributed by atoms with van der Waals surface area (Å²) < 4.78 is 37.8. The van der Waals surface area contributed by atoms with Crippen LogP contribution in [0.4, 0.5) is 13.2 Å². The van der Waals surface area contributed by atoms with Crippen LogP contribution < -0.4 is 10.7 Å². The lowest BCUT2D eigenvalue weighted by atomic mass is 10.1. The number of hydrogen-bond donors (Lipinski definition) is 2. The molecule has 1 atom stereocenters. The van der Waals surface area contributed by atoms with Crippen LogP contribution in [0.25, 0.3) is 0 Å². The van der Waals surface area contributed by atoms with Crippen LogP contribution in [-0.2, 0) is 12.7 Å². The summed E-state index contributed by atoms with van der Waals surface area (Å²) in [5.41, 5.74) is 4.40. The predicted molar refractivity (Wildman–Crippen MR) is 69.1 cm³/mol. The molecule has 1 aromatic rings. The molecule has 2 aliphatic heterocycles. The molecule has 2 heterocycles. The quantitative estimate of drug-likeness (QED) is 0.891. The van der Waals surface area contributed by atoms with Gasteiger partial charge in [-0.3, -0.25) is 0 Å². The van der Waals surface area contributed by atoms with Crippen molar-refractivity contribution in [1.29, 1.82) is 0 Å². The van der Waals surface area contributed by atoms with Crippen LogP contribution in [0.5, 0.6) is 0 Å². The van der Waals surface area contributed by atoms with Gasteiger partial charge in [0.1, 0.15) is 0 Å². The number of benzene rings is 1. The number of halogens is 3. The molecule has 2 bridgehead atoms. The summed E-state index contributed by atoms with van der Waals surface area (Å²) in [5, 5.41) is 5.05. The second-order valence-corrected chi connectivity index (χ2v) is 4.87. The van der Waals surface area contributed by atoms with Gasteiger partial charge in [-0.05, 0) is 35.5 Å². The summed E-state index contributed by atoms with van der Waals surface area (Å²) in [7, 11) is 0. The minimum Gasteiger partial charge on any atom is -0.387 e. The first kappa shape index (κ1) is 13.1. The average molecular weight is 281 g/mol. The van der Waals surface area contributed by atoms with Crippen LogP contribution in [0.2, 0.25) is 0 Å². The zero-order valence-corrected chi connectivity index (χ0v) is 10.6. The van der Waals surface area contributed by atoms with Gasteiger partial charge in [-0.2, -0.15) is 13.2 Å². The normalized spacial score (nSPS) is 22.9. The smallest absolute Gasteiger partial charge is 0.387 e. The number of hydrogen-bond acceptors (Lipinski definition) is 3. The Bertz CT molecular complexity index is 563. The maximum atomic E-state index is 12.6. The molecular weight excluding hydrogens is 267 g/mol. The summed E-state index contributed by atoms with van der Waals surface area (Å²) in [6, 6.07) is 5.58. The Morgan fingerprint density at radius 2 is 2.25 bits per heavy atom. The zero-order chi connectivity index (χ0) is 14.2. The molecule has 2 N–H and O–H groups in total. The molecule has 106 valence electrons. The average Bonchev–Trinajstić information content (AvgIpc) is 3.00. The van der Waals surface area contributed by atoms with E-state index in [2.05, 4.69) is 10.7 Å². The molecule has 3 rings (SSSR count). The third-order valence-electron chi connectivity index (χ3n) is 3.36. The van der Waals surface area contributed by atoms with E-state index in [4.69, 9.17) is 0 Å². The summed E-state index contributed by atoms with van der Waals surface area (Å²) in [6.07, 6.45) is 1.61. The fourth-order valence-electron chi connectivity index (χ4n) is 2.35. The first-order valence-corrected chi connectivity index (χ1v) is 6.32. The molecule has 0 aliphatic carbocycles. The first-order chi connectivity index (χ1) is 9.52. The van der Waals surface area contributed by atoms with Gasteiger partial charge in [0.25, 0.3) is 0 Å². The second kappa shape index (κ2) is 4.86. The highest BCUT2D eigenvalue weighted by molar-refractivity contribution is 5.29. The van der Waals surface area contributed by atoms with Gasteiger partial charge in [-0.1, -0.05) is 12.1 Å². The predicted octanol–water partition coefficient (Wildman–Crippen LogP) is 2.39. The van der Waals surface area contributed by atoms with Crippen LogP contribution in [-0.4, -0.2) is 17.6 Å². The molecule has 1 unspecified atom stereocenters. The maximum absolute atomic E-state index is 12.6. The minimum atomic E-state index is -4.29. The topological polar surface area (TPSA) is 27.3 Å². The highest BCUT2D eigenvalue weighted by atomic mass is 19.4. The number of nitrogens with one attached hydrogen (secondary N) is 2. The Hall–Kier alpha value is -1.95. The zero-order valence-electron chi connectivity index (χ0n) is 10.6. The van der Waals surface area contributed by atoms with Crippen molar-refractivity contribution in [1.82, 2.24) is 15.8 Å². The molecule has 1 fully saturated rings. The number of hydrazine groups is 1. The summed E-state index contributed by atoms with van der Waals surface area (Å²) in [5.74, 6) is 0. The molecule has 0 saturated carbocycles. The van der Waals surface area contributed by atoms with E-state index in [1.54, 1.807) is 6.07 Å². The highest BCUT2D eigenvalue weighted by Gasteiger charge is 2.30. The van der Waals surface area contributed by atoms with Crippen LogP contribution in [0.1, 0.15) is 11.1 Å². The Kier molecular flexibility index (Phi) is 3.17. The van der Waals surface area contributed by atoms with Crippen LogP contribution in [0, 0.1) is 0 Å². The van der Waals surface area contributed by atoms with E-state index in [0.29, 0.717) is 12.1 Å². The lowest BCUT2D eigenvalue weighted by molar-refractivity contribution is -0.137. The fraction of sp³-hybridized carbons (Fsp3) is 0.286. The van der Waals surface area contributed by atoms with Crippen LogP contribution in [0.15, 0.2) is 48.3 Å². The van der Waals surface area contributed by atoms with Crippen molar-refractivity contribution >= 4 is 0 Å². The minimum absolute atomic E-state index is 0.212. The van der Waals surface area contributed by atoms with Gasteiger partial charge < -0.3 is 10.3 Å². The van der Waals surface area contributed by atoms with Crippen LogP contribution in [0.3, 0.4) is 0 Å². The number of rotatable bonds is 3. The molecule has 0 amide bonds. The number of fused-ring (bicyclic) bond motifs is 2. The molecule has 6 heteroatoms. The van der Waals surface area contributed by atoms with Gasteiger partial charge >= 0.3 is 6.18 Å². The first-order valence-electron chi connectivity index (χ1n) is 6.32. The van der Waals surface area contributed by atoms with E-state index in [0.717, 1.165) is 12.6 Å². The molecule has 3 nitrogen and oxygen atoms in total. The van der Waals surface area contributed by atoms with Gasteiger partial charge in [0, 0.05) is 12.7 Å². The van der Waals surface area contributed by atoms with Crippen LogP contribution >= 0.6 is 0 Å². The van der Waals surface area contributed by atoms with E-state index in [9.17, 15) is 13.2 Å². The van der Waals surface area contributed by atoms with E-state index in [1.165, 1.54) is 17.7 Å². The SMILES string of the molecule is FC(F)(F)c1cccc(CN/C=C2/CN3C=CC2N3)c1. The van der Waals surface area contributed by atoms with E-state index < -0.39 is 11.7 Å². The van der Waals surface area contributed by atoms with Crippen molar-refractivity contribution in [2.45, 2.75) is 18.8 Å². The molecule has 1 aromatic carbocycles. The van der Waals surface area contributed by atoms with Crippen molar-refractivity contribution < 1.29 is 13.2 Å². The lowest BCUT2D eigenvalue weighted by Crippen LogP contribution is -2.23. The van der Waals surface area contributed by atoms with Crippen molar-refractivity contribution in [2.75, 3.05) is 6.54 Å². The fourth-order valence-corrected chi connectivity index (χ4v) is 2.35. The molecule has 2 aliphatic rings. The molecule has 20 heavy (non-hydrogen) atoms. The molecule has 0 spiro atoms. The van der Waals surface area contributed by atoms with Crippen molar-refractivity contribution in [2.24, 2.45) is 0 Å². The number of nitrogens with zero attached hydrogens (tertiary/aromatic N) is 1. The van der Waals surface area contributed by atoms with Gasteiger partial charge in [0.15, 0.2) is 0 Å². The second-order valence-electron chi connectivity index (χ2n) is 4.87. The van der Waals surface area contributed by atoms with E-state index in [-0.39, 0.29) is 6.04 Å². The monoisotopic (exact) mass is 281 g/mol. The van der Waals surface area contributed by atoms with Gasteiger partial charge in [0.2, 0.25) is 0 Å². The van der Waals surface area contributed by atoms with E-state index >= 15 is 0 Å². The maximum Gasteiger partial charge on any atom is 0.416 e. The number of alkyl halides is 3. The third-order valence-corrected chi connectivity index (χ3v) is 3.36. The standard InChI is InChI=1S/C14H14F3N3/c15-14(16,17)12-3-1-2-10(6-12)7-18-8-11-9-20-5-4-13(11)19-20/h1-6,8,13,18-19H,7,9H2/b11-8-.